The van der Waals surface area contributed by atoms with Gasteiger partial charge in [0.15, 0.2) is 0 Å². The van der Waals surface area contributed by atoms with Gasteiger partial charge in [0.25, 0.3) is 5.76 Å². The fourth-order valence-electron chi connectivity index (χ4n) is 1.09. The quantitative estimate of drug-likeness (QED) is 0.444. The van der Waals surface area contributed by atoms with Crippen molar-refractivity contribution in [2.75, 3.05) is 6.79 Å². The van der Waals surface area contributed by atoms with Crippen LogP contribution in [0.5, 0.6) is 0 Å². The predicted molar refractivity (Wildman–Crippen MR) is 33.6 cm³/mol. The molecular formula is C7H9O2+. The van der Waals surface area contributed by atoms with E-state index in [0.29, 0.717) is 6.79 Å². The number of rotatable bonds is 0. The Morgan fingerprint density at radius 1 is 1.33 bits per heavy atom. The molecule has 48 valence electrons. The fourth-order valence-corrected chi connectivity index (χ4v) is 1.09. The number of fused-ring (bicyclic) bond motifs is 1. The van der Waals surface area contributed by atoms with Crippen LogP contribution in [0.25, 0.3) is 0 Å². The summed E-state index contributed by atoms with van der Waals surface area (Å²) in [6.45, 7) is 0.525. The van der Waals surface area contributed by atoms with E-state index in [1.165, 1.54) is 0 Å². The Kier molecular flexibility index (Phi) is 0.979. The zero-order valence-electron chi connectivity index (χ0n) is 5.13. The van der Waals surface area contributed by atoms with Gasteiger partial charge in [-0.05, 0) is 18.9 Å². The molecule has 1 aliphatic carbocycles. The molecule has 0 spiro atoms. The van der Waals surface area contributed by atoms with Crippen LogP contribution < -0.4 is 0 Å². The van der Waals surface area contributed by atoms with E-state index in [0.717, 1.165) is 24.4 Å². The molecule has 2 nitrogen and oxygen atoms in total. The number of allylic oxidation sites excluding steroid dienone is 2. The molecule has 1 fully saturated rings. The van der Waals surface area contributed by atoms with Gasteiger partial charge < -0.3 is 9.47 Å². The van der Waals surface area contributed by atoms with E-state index in [2.05, 4.69) is 16.9 Å². The van der Waals surface area contributed by atoms with Crippen molar-refractivity contribution in [2.24, 2.45) is 0 Å². The van der Waals surface area contributed by atoms with Crippen molar-refractivity contribution in [3.8, 4) is 0 Å². The number of ether oxygens (including phenoxy) is 2. The first kappa shape index (κ1) is 4.91. The minimum Gasteiger partial charge on any atom is -0.551 e. The first-order valence-corrected chi connectivity index (χ1v) is 3.18. The third kappa shape index (κ3) is 0.707. The van der Waals surface area contributed by atoms with Crippen LogP contribution in [0.4, 0.5) is 0 Å². The summed E-state index contributed by atoms with van der Waals surface area (Å²) in [5, 5.41) is 0. The maximum atomic E-state index is 5.18. The maximum Gasteiger partial charge on any atom is 0.327 e. The van der Waals surface area contributed by atoms with E-state index in [4.69, 9.17) is 4.74 Å². The maximum absolute atomic E-state index is 5.18. The minimum atomic E-state index is 0.525. The molecule has 0 aromatic rings. The highest BCUT2D eigenvalue weighted by Crippen LogP contribution is 2.23. The van der Waals surface area contributed by atoms with Gasteiger partial charge in [-0.15, -0.1) is 0 Å². The van der Waals surface area contributed by atoms with Crippen molar-refractivity contribution < 1.29 is 9.47 Å². The van der Waals surface area contributed by atoms with Gasteiger partial charge in [0.2, 0.25) is 5.76 Å². The summed E-state index contributed by atoms with van der Waals surface area (Å²) >= 11 is 0. The number of hydrogen-bond acceptors (Lipinski definition) is 1. The van der Waals surface area contributed by atoms with Gasteiger partial charge in [0.1, 0.15) is 0 Å². The largest absolute Gasteiger partial charge is 0.551 e. The Hall–Kier alpha value is -0.920. The average molecular weight is 125 g/mol. The first-order valence-electron chi connectivity index (χ1n) is 3.18. The van der Waals surface area contributed by atoms with Gasteiger partial charge in [-0.2, -0.15) is 0 Å². The third-order valence-corrected chi connectivity index (χ3v) is 1.54. The molecule has 1 saturated heterocycles. The molecule has 2 heteroatoms. The van der Waals surface area contributed by atoms with Crippen molar-refractivity contribution in [2.45, 2.75) is 12.8 Å². The highest BCUT2D eigenvalue weighted by Gasteiger charge is 2.22. The Labute approximate surface area is 53.8 Å². The summed E-state index contributed by atoms with van der Waals surface area (Å²) in [5.41, 5.74) is 0. The molecular weight excluding hydrogens is 116 g/mol. The van der Waals surface area contributed by atoms with Crippen LogP contribution in [0.2, 0.25) is 0 Å². The molecule has 0 saturated carbocycles. The fraction of sp³-hybridized carbons (Fsp3) is 0.429. The summed E-state index contributed by atoms with van der Waals surface area (Å²) in [6, 6.07) is 0. The molecule has 0 radical (unpaired) electrons. The number of aliphatic hydroxyl groups is 2. The van der Waals surface area contributed by atoms with E-state index in [1.54, 1.807) is 0 Å². The normalized spacial score (nSPS) is 23.1. The van der Waals surface area contributed by atoms with E-state index >= 15 is 0 Å². The van der Waals surface area contributed by atoms with Gasteiger partial charge >= 0.3 is 6.79 Å². The van der Waals surface area contributed by atoms with Gasteiger partial charge in [-0.1, -0.05) is 0 Å². The molecule has 0 aromatic carbocycles. The predicted octanol–water partition coefficient (Wildman–Crippen LogP) is 1.06. The second kappa shape index (κ2) is 1.79. The van der Waals surface area contributed by atoms with Crippen molar-refractivity contribution in [3.05, 3.63) is 23.7 Å². The van der Waals surface area contributed by atoms with Crippen molar-refractivity contribution in [3.63, 3.8) is 0 Å². The second-order valence-electron chi connectivity index (χ2n) is 2.17. The molecule has 9 heavy (non-hydrogen) atoms. The lowest BCUT2D eigenvalue weighted by atomic mass is 10.1. The van der Waals surface area contributed by atoms with Crippen LogP contribution in [0.1, 0.15) is 12.8 Å². The Morgan fingerprint density at radius 2 is 2.22 bits per heavy atom. The zero-order chi connectivity index (χ0) is 6.10. The van der Waals surface area contributed by atoms with Crippen LogP contribution in [0.15, 0.2) is 23.7 Å². The van der Waals surface area contributed by atoms with Crippen LogP contribution in [0, 0.1) is 0 Å². The van der Waals surface area contributed by atoms with Crippen LogP contribution in [0.3, 0.4) is 0 Å². The molecule has 0 amide bonds. The Balaban J connectivity index is 2.30. The number of hydrogen-bond donors (Lipinski definition) is 0. The van der Waals surface area contributed by atoms with Gasteiger partial charge in [-0.25, -0.2) is 0 Å². The van der Waals surface area contributed by atoms with E-state index in [9.17, 15) is 0 Å². The third-order valence-electron chi connectivity index (χ3n) is 1.54. The molecule has 0 aromatic heterocycles. The minimum absolute atomic E-state index is 0.525. The monoisotopic (exact) mass is 125 g/mol. The molecule has 2 rings (SSSR count). The highest BCUT2D eigenvalue weighted by molar-refractivity contribution is 5.24. The average Bonchev–Trinajstić information content (AvgIpc) is 2.33. The lowest BCUT2D eigenvalue weighted by Crippen LogP contribution is -1.90. The molecule has 0 unspecified atom stereocenters. The van der Waals surface area contributed by atoms with Gasteiger partial charge in [0, 0.05) is 6.08 Å². The highest BCUT2D eigenvalue weighted by atomic mass is 16.7. The van der Waals surface area contributed by atoms with E-state index < -0.39 is 0 Å². The van der Waals surface area contributed by atoms with Crippen molar-refractivity contribution in [1.82, 2.24) is 0 Å². The standard InChI is InChI=1S/C7H8O2/c1-2-4-7-6(3-1)8-5-9-7/h3-4H,1-2,5H2/p+1. The van der Waals surface area contributed by atoms with Crippen LogP contribution >= 0.6 is 0 Å². The molecule has 2 aliphatic rings. The summed E-state index contributed by atoms with van der Waals surface area (Å²) in [6.07, 6.45) is 6.45. The molecule has 1 N–H and O–H groups in total. The van der Waals surface area contributed by atoms with Crippen molar-refractivity contribution >= 4 is 0 Å². The smallest absolute Gasteiger partial charge is 0.327 e. The lowest BCUT2D eigenvalue weighted by Gasteiger charge is -1.97. The van der Waals surface area contributed by atoms with Crippen LogP contribution in [-0.4, -0.2) is 11.5 Å². The van der Waals surface area contributed by atoms with E-state index in [-0.39, 0.29) is 0 Å². The van der Waals surface area contributed by atoms with Crippen LogP contribution in [-0.2, 0) is 4.74 Å². The molecule has 0 atom stereocenters. The SMILES string of the molecule is C1=C2OC[OH+]C2=CCC1. The molecule has 1 aliphatic heterocycles. The molecule has 0 bridgehead atoms. The molecule has 1 heterocycles. The Morgan fingerprint density at radius 3 is 3.11 bits per heavy atom. The first-order chi connectivity index (χ1) is 4.47. The summed E-state index contributed by atoms with van der Waals surface area (Å²) in [7, 11) is 0. The van der Waals surface area contributed by atoms with Gasteiger partial charge in [0.05, 0.1) is 0 Å². The van der Waals surface area contributed by atoms with E-state index in [1.807, 2.05) is 0 Å². The second-order valence-corrected chi connectivity index (χ2v) is 2.17. The Bertz CT molecular complexity index is 159. The van der Waals surface area contributed by atoms with Crippen molar-refractivity contribution in [1.29, 1.82) is 0 Å². The zero-order valence-corrected chi connectivity index (χ0v) is 5.13. The summed E-state index contributed by atoms with van der Waals surface area (Å²) in [5.74, 6) is 2.04. The summed E-state index contributed by atoms with van der Waals surface area (Å²) < 4.78 is 9.31. The van der Waals surface area contributed by atoms with Gasteiger partial charge in [-0.3, -0.25) is 0 Å². The summed E-state index contributed by atoms with van der Waals surface area (Å²) in [4.78, 5) is 0. The topological polar surface area (TPSA) is 22.0 Å². The lowest BCUT2D eigenvalue weighted by molar-refractivity contribution is -0.0238.